The normalized spacial score (nSPS) is 25.4. The van der Waals surface area contributed by atoms with Crippen molar-refractivity contribution in [3.8, 4) is 0 Å². The zero-order valence-corrected chi connectivity index (χ0v) is 25.1. The number of anilines is 1. The summed E-state index contributed by atoms with van der Waals surface area (Å²) >= 11 is 1.90. The number of carbonyl (C=O) groups is 1. The molecule has 1 amide bonds. The van der Waals surface area contributed by atoms with Gasteiger partial charge in [0.15, 0.2) is 0 Å². The summed E-state index contributed by atoms with van der Waals surface area (Å²) in [6.07, 6.45) is 4.58. The standard InChI is InChI=1S/C32H45F2N3O2S/c1-5-23(4)40-37-16-15-35-20-27(37)13-14-28-30(34)7-6-8-31(28)36-32(38)19-29(24-9-11-26(33)12-10-24)25-17-21(2)39-22(3)18-25/h6-12,21-23,25,27,29,35H,5,13-20H2,1-4H3,(H,36,38)/t21?,22?,23?,25?,27-,29?/m0/s1. The van der Waals surface area contributed by atoms with Crippen LogP contribution in [0.1, 0.15) is 76.8 Å². The predicted molar refractivity (Wildman–Crippen MR) is 161 cm³/mol. The molecule has 2 heterocycles. The second-order valence-electron chi connectivity index (χ2n) is 11.5. The van der Waals surface area contributed by atoms with Crippen LogP contribution < -0.4 is 10.6 Å². The number of ether oxygens (including phenoxy) is 1. The van der Waals surface area contributed by atoms with Crippen LogP contribution in [0.3, 0.4) is 0 Å². The molecule has 2 N–H and O–H groups in total. The fraction of sp³-hybridized carbons (Fsp3) is 0.594. The molecule has 4 unspecified atom stereocenters. The van der Waals surface area contributed by atoms with E-state index in [1.165, 1.54) is 18.2 Å². The number of halogens is 2. The maximum absolute atomic E-state index is 15.1. The SMILES string of the molecule is CCC(C)SN1CCNC[C@@H]1CCc1c(F)cccc1NC(=O)CC(c1ccc(F)cc1)C1CC(C)OC(C)C1. The van der Waals surface area contributed by atoms with E-state index >= 15 is 4.39 Å². The van der Waals surface area contributed by atoms with Crippen molar-refractivity contribution in [3.63, 3.8) is 0 Å². The Kier molecular flexibility index (Phi) is 11.4. The van der Waals surface area contributed by atoms with Gasteiger partial charge >= 0.3 is 0 Å². The maximum Gasteiger partial charge on any atom is 0.225 e. The molecule has 0 bridgehead atoms. The molecule has 2 aliphatic rings. The lowest BCUT2D eigenvalue weighted by Gasteiger charge is -2.37. The highest BCUT2D eigenvalue weighted by molar-refractivity contribution is 7.97. The molecule has 0 saturated carbocycles. The Hall–Kier alpha value is -2.00. The molecular weight excluding hydrogens is 528 g/mol. The highest BCUT2D eigenvalue weighted by atomic mass is 32.2. The van der Waals surface area contributed by atoms with Crippen LogP contribution in [0, 0.1) is 17.6 Å². The quantitative estimate of drug-likeness (QED) is 0.286. The summed E-state index contributed by atoms with van der Waals surface area (Å²) in [7, 11) is 0. The van der Waals surface area contributed by atoms with Crippen molar-refractivity contribution in [3.05, 3.63) is 65.2 Å². The van der Waals surface area contributed by atoms with Crippen molar-refractivity contribution in [1.82, 2.24) is 9.62 Å². The number of hydrogen-bond acceptors (Lipinski definition) is 5. The average Bonchev–Trinajstić information content (AvgIpc) is 2.92. The van der Waals surface area contributed by atoms with Gasteiger partial charge < -0.3 is 15.4 Å². The van der Waals surface area contributed by atoms with Gasteiger partial charge in [0.05, 0.1) is 12.2 Å². The second-order valence-corrected chi connectivity index (χ2v) is 13.0. The number of rotatable bonds is 11. The van der Waals surface area contributed by atoms with E-state index in [1.54, 1.807) is 24.3 Å². The molecule has 2 aromatic carbocycles. The van der Waals surface area contributed by atoms with Gasteiger partial charge in [0, 0.05) is 48.6 Å². The van der Waals surface area contributed by atoms with E-state index in [-0.39, 0.29) is 48.0 Å². The number of carbonyl (C=O) groups excluding carboxylic acids is 1. The average molecular weight is 574 g/mol. The summed E-state index contributed by atoms with van der Waals surface area (Å²) in [5.41, 5.74) is 2.05. The number of hydrogen-bond donors (Lipinski definition) is 2. The van der Waals surface area contributed by atoms with Gasteiger partial charge in [-0.25, -0.2) is 13.1 Å². The van der Waals surface area contributed by atoms with Crippen LogP contribution in [0.15, 0.2) is 42.5 Å². The topological polar surface area (TPSA) is 53.6 Å². The third-order valence-corrected chi connectivity index (χ3v) is 9.76. The third kappa shape index (κ3) is 8.51. The first kappa shape index (κ1) is 30.9. The summed E-state index contributed by atoms with van der Waals surface area (Å²) in [6.45, 7) is 11.4. The van der Waals surface area contributed by atoms with E-state index in [9.17, 15) is 9.18 Å². The highest BCUT2D eigenvalue weighted by Crippen LogP contribution is 2.39. The molecule has 8 heteroatoms. The minimum atomic E-state index is -0.292. The van der Waals surface area contributed by atoms with Gasteiger partial charge in [0.25, 0.3) is 0 Å². The van der Waals surface area contributed by atoms with E-state index in [2.05, 4.69) is 42.6 Å². The van der Waals surface area contributed by atoms with E-state index in [1.807, 2.05) is 11.9 Å². The molecule has 0 aromatic heterocycles. The summed E-state index contributed by atoms with van der Waals surface area (Å²) in [5, 5.41) is 7.07. The number of piperazine rings is 1. The first-order valence-corrected chi connectivity index (χ1v) is 15.7. The fourth-order valence-corrected chi connectivity index (χ4v) is 7.29. The van der Waals surface area contributed by atoms with Gasteiger partial charge in [-0.1, -0.05) is 44.0 Å². The predicted octanol–water partition coefficient (Wildman–Crippen LogP) is 6.93. The van der Waals surface area contributed by atoms with Crippen LogP contribution in [0.25, 0.3) is 0 Å². The molecule has 0 spiro atoms. The molecule has 2 saturated heterocycles. The molecule has 5 nitrogen and oxygen atoms in total. The Morgan fingerprint density at radius 1 is 1.15 bits per heavy atom. The Balaban J connectivity index is 1.47. The van der Waals surface area contributed by atoms with E-state index in [0.29, 0.717) is 29.0 Å². The molecule has 4 rings (SSSR count). The number of nitrogens with one attached hydrogen (secondary N) is 2. The minimum absolute atomic E-state index is 0.0779. The largest absolute Gasteiger partial charge is 0.376 e. The van der Waals surface area contributed by atoms with Crippen LogP contribution in [-0.4, -0.2) is 53.3 Å². The number of nitrogens with zero attached hydrogens (tertiary/aromatic N) is 1. The summed E-state index contributed by atoms with van der Waals surface area (Å²) in [6, 6.07) is 11.7. The first-order valence-electron chi connectivity index (χ1n) is 14.9. The lowest BCUT2D eigenvalue weighted by atomic mass is 9.76. The Bertz CT molecular complexity index is 1090. The lowest BCUT2D eigenvalue weighted by molar-refractivity contribution is -0.117. The molecule has 0 radical (unpaired) electrons. The van der Waals surface area contributed by atoms with Gasteiger partial charge in [-0.05, 0) is 87.6 Å². The van der Waals surface area contributed by atoms with Crippen molar-refractivity contribution in [1.29, 1.82) is 0 Å². The zero-order valence-electron chi connectivity index (χ0n) is 24.3. The number of benzene rings is 2. The zero-order chi connectivity index (χ0) is 28.6. The van der Waals surface area contributed by atoms with Crippen LogP contribution >= 0.6 is 11.9 Å². The van der Waals surface area contributed by atoms with E-state index in [4.69, 9.17) is 4.74 Å². The highest BCUT2D eigenvalue weighted by Gasteiger charge is 2.33. The Labute approximate surface area is 242 Å². The molecule has 220 valence electrons. The van der Waals surface area contributed by atoms with E-state index in [0.717, 1.165) is 50.9 Å². The van der Waals surface area contributed by atoms with Crippen LogP contribution in [0.5, 0.6) is 0 Å². The van der Waals surface area contributed by atoms with E-state index < -0.39 is 0 Å². The van der Waals surface area contributed by atoms with Crippen LogP contribution in [0.4, 0.5) is 14.5 Å². The number of amides is 1. The molecule has 5 atom stereocenters. The monoisotopic (exact) mass is 573 g/mol. The van der Waals surface area contributed by atoms with Crippen LogP contribution in [-0.2, 0) is 16.0 Å². The van der Waals surface area contributed by atoms with Gasteiger partial charge in [-0.2, -0.15) is 0 Å². The van der Waals surface area contributed by atoms with Gasteiger partial charge in [0.1, 0.15) is 11.6 Å². The molecule has 2 aliphatic heterocycles. The Morgan fingerprint density at radius 2 is 1.88 bits per heavy atom. The van der Waals surface area contributed by atoms with Crippen molar-refractivity contribution < 1.29 is 18.3 Å². The molecule has 0 aliphatic carbocycles. The lowest BCUT2D eigenvalue weighted by Crippen LogP contribution is -2.48. The van der Waals surface area contributed by atoms with Crippen LogP contribution in [0.2, 0.25) is 0 Å². The minimum Gasteiger partial charge on any atom is -0.376 e. The fourth-order valence-electron chi connectivity index (χ4n) is 6.13. The van der Waals surface area contributed by atoms with Crippen molar-refractivity contribution in [2.45, 2.75) is 95.6 Å². The van der Waals surface area contributed by atoms with Gasteiger partial charge in [0.2, 0.25) is 5.91 Å². The first-order chi connectivity index (χ1) is 19.2. The maximum atomic E-state index is 15.1. The third-order valence-electron chi connectivity index (χ3n) is 8.31. The molecule has 2 aromatic rings. The van der Waals surface area contributed by atoms with Crippen molar-refractivity contribution in [2.75, 3.05) is 25.0 Å². The van der Waals surface area contributed by atoms with Crippen molar-refractivity contribution >= 4 is 23.5 Å². The molecule has 40 heavy (non-hydrogen) atoms. The smallest absolute Gasteiger partial charge is 0.225 e. The second kappa shape index (κ2) is 14.8. The molecular formula is C32H45F2N3O2S. The van der Waals surface area contributed by atoms with Gasteiger partial charge in [-0.3, -0.25) is 4.79 Å². The summed E-state index contributed by atoms with van der Waals surface area (Å²) in [5.74, 6) is -0.578. The molecule has 2 fully saturated rings. The summed E-state index contributed by atoms with van der Waals surface area (Å²) in [4.78, 5) is 13.5. The van der Waals surface area contributed by atoms with Gasteiger partial charge in [-0.15, -0.1) is 0 Å². The Morgan fingerprint density at radius 3 is 2.58 bits per heavy atom. The van der Waals surface area contributed by atoms with Crippen molar-refractivity contribution in [2.24, 2.45) is 5.92 Å². The summed E-state index contributed by atoms with van der Waals surface area (Å²) < 4.78 is 37.2.